The molecule has 1 saturated heterocycles. The zero-order valence-corrected chi connectivity index (χ0v) is 24.6. The molecule has 45 heavy (non-hydrogen) atoms. The number of amides is 1. The molecule has 0 bridgehead atoms. The van der Waals surface area contributed by atoms with Crippen molar-refractivity contribution in [3.8, 4) is 22.4 Å². The van der Waals surface area contributed by atoms with Gasteiger partial charge in [-0.05, 0) is 60.4 Å². The van der Waals surface area contributed by atoms with Gasteiger partial charge in [-0.25, -0.2) is 9.78 Å². The number of pyridine rings is 2. The van der Waals surface area contributed by atoms with Crippen molar-refractivity contribution in [3.63, 3.8) is 0 Å². The zero-order valence-electron chi connectivity index (χ0n) is 24.6. The summed E-state index contributed by atoms with van der Waals surface area (Å²) in [6.07, 6.45) is 4.57. The molecule has 224 valence electrons. The Bertz CT molecular complexity index is 2150. The lowest BCUT2D eigenvalue weighted by Crippen LogP contribution is -2.36. The number of likely N-dealkylation sites (tertiary alicyclic amines) is 1. The van der Waals surface area contributed by atoms with Crippen LogP contribution in [0.3, 0.4) is 0 Å². The number of benzene rings is 3. The lowest BCUT2D eigenvalue weighted by molar-refractivity contribution is -0.111. The molecule has 6 aromatic rings. The van der Waals surface area contributed by atoms with Crippen molar-refractivity contribution in [2.45, 2.75) is 25.4 Å². The Morgan fingerprint density at radius 3 is 2.49 bits per heavy atom. The van der Waals surface area contributed by atoms with Gasteiger partial charge in [0.25, 0.3) is 5.56 Å². The minimum Gasteiger partial charge on any atom is -0.328 e. The smallest absolute Gasteiger partial charge is 0.326 e. The van der Waals surface area contributed by atoms with Gasteiger partial charge in [0.2, 0.25) is 5.91 Å². The Balaban J connectivity index is 1.07. The van der Waals surface area contributed by atoms with E-state index in [4.69, 9.17) is 4.98 Å². The number of imidazole rings is 1. The second-order valence-corrected chi connectivity index (χ2v) is 11.4. The number of hydrogen-bond acceptors (Lipinski definition) is 5. The lowest BCUT2D eigenvalue weighted by atomic mass is 9.97. The Labute approximate surface area is 258 Å². The second kappa shape index (κ2) is 11.9. The minimum atomic E-state index is -0.293. The highest BCUT2D eigenvalue weighted by atomic mass is 16.2. The fraction of sp³-hybridized carbons (Fsp3) is 0.167. The molecule has 0 spiro atoms. The molecule has 0 aliphatic carbocycles. The van der Waals surface area contributed by atoms with Crippen molar-refractivity contribution in [2.75, 3.05) is 18.4 Å². The standard InChI is InChI=1S/C36H32N6O3/c1-2-33(43)38-26-12-13-32-31(20-26)40-36(45)42(32)27-15-18-41(19-16-27)22-23-8-10-25(11-9-23)34-28(24-6-4-3-5-7-24)21-29-30(39-34)14-17-37-35(29)44/h2-14,17,20-21,27H,1,15-16,18-19,22H2,(H,37,44)(H,38,43)(H,40,45). The van der Waals surface area contributed by atoms with Gasteiger partial charge in [0, 0.05) is 48.7 Å². The van der Waals surface area contributed by atoms with Gasteiger partial charge in [0.1, 0.15) is 0 Å². The van der Waals surface area contributed by atoms with E-state index < -0.39 is 0 Å². The predicted molar refractivity (Wildman–Crippen MR) is 178 cm³/mol. The van der Waals surface area contributed by atoms with Gasteiger partial charge in [-0.3, -0.25) is 19.1 Å². The first kappa shape index (κ1) is 28.2. The van der Waals surface area contributed by atoms with Gasteiger partial charge in [0.15, 0.2) is 0 Å². The van der Waals surface area contributed by atoms with Gasteiger partial charge in [0.05, 0.1) is 27.6 Å². The van der Waals surface area contributed by atoms with E-state index in [2.05, 4.69) is 51.0 Å². The number of carbonyl (C=O) groups excluding carboxylic acids is 1. The highest BCUT2D eigenvalue weighted by Crippen LogP contribution is 2.33. The van der Waals surface area contributed by atoms with E-state index in [1.807, 2.05) is 59.2 Å². The fourth-order valence-electron chi connectivity index (χ4n) is 6.29. The van der Waals surface area contributed by atoms with Crippen LogP contribution in [0, 0.1) is 0 Å². The van der Waals surface area contributed by atoms with Crippen molar-refractivity contribution >= 4 is 33.5 Å². The van der Waals surface area contributed by atoms with Crippen LogP contribution in [-0.2, 0) is 11.3 Å². The van der Waals surface area contributed by atoms with Crippen LogP contribution in [0.25, 0.3) is 44.3 Å². The number of rotatable bonds is 7. The highest BCUT2D eigenvalue weighted by Gasteiger charge is 2.24. The average Bonchev–Trinajstić information content (AvgIpc) is 3.40. The molecule has 3 aromatic heterocycles. The average molecular weight is 597 g/mol. The van der Waals surface area contributed by atoms with Crippen molar-refractivity contribution < 1.29 is 4.79 Å². The van der Waals surface area contributed by atoms with Gasteiger partial charge in [-0.1, -0.05) is 61.2 Å². The van der Waals surface area contributed by atoms with Gasteiger partial charge in [-0.2, -0.15) is 0 Å². The van der Waals surface area contributed by atoms with Crippen LogP contribution in [0.1, 0.15) is 24.4 Å². The molecule has 3 N–H and O–H groups in total. The first-order valence-electron chi connectivity index (χ1n) is 15.0. The van der Waals surface area contributed by atoms with Gasteiger partial charge >= 0.3 is 5.69 Å². The number of aromatic nitrogens is 4. The molecule has 3 aromatic carbocycles. The van der Waals surface area contributed by atoms with Crippen LogP contribution in [0.2, 0.25) is 0 Å². The number of H-pyrrole nitrogens is 2. The molecule has 9 heteroatoms. The zero-order chi connectivity index (χ0) is 30.9. The Morgan fingerprint density at radius 2 is 1.73 bits per heavy atom. The van der Waals surface area contributed by atoms with E-state index in [-0.39, 0.29) is 23.2 Å². The van der Waals surface area contributed by atoms with Crippen molar-refractivity contribution in [1.29, 1.82) is 0 Å². The Hall–Kier alpha value is -5.54. The maximum atomic E-state index is 12.9. The number of hydrogen-bond donors (Lipinski definition) is 3. The molecule has 1 amide bonds. The first-order chi connectivity index (χ1) is 22.0. The van der Waals surface area contributed by atoms with E-state index in [1.54, 1.807) is 12.3 Å². The van der Waals surface area contributed by atoms with Crippen LogP contribution in [0.5, 0.6) is 0 Å². The summed E-state index contributed by atoms with van der Waals surface area (Å²) in [6.45, 7) is 6.04. The molecular formula is C36H32N6O3. The Kier molecular flexibility index (Phi) is 7.44. The molecular weight excluding hydrogens is 564 g/mol. The van der Waals surface area contributed by atoms with E-state index in [0.717, 1.165) is 60.4 Å². The molecule has 0 saturated carbocycles. The molecule has 0 unspecified atom stereocenters. The van der Waals surface area contributed by atoms with Crippen molar-refractivity contribution in [2.24, 2.45) is 0 Å². The van der Waals surface area contributed by atoms with E-state index in [1.165, 1.54) is 11.6 Å². The number of piperidine rings is 1. The normalized spacial score (nSPS) is 14.1. The van der Waals surface area contributed by atoms with Crippen LogP contribution >= 0.6 is 0 Å². The molecule has 1 aliphatic heterocycles. The first-order valence-corrected chi connectivity index (χ1v) is 15.0. The molecule has 0 atom stereocenters. The molecule has 1 fully saturated rings. The molecule has 0 radical (unpaired) electrons. The lowest BCUT2D eigenvalue weighted by Gasteiger charge is -2.32. The third-order valence-corrected chi connectivity index (χ3v) is 8.56. The number of nitrogens with zero attached hydrogens (tertiary/aromatic N) is 3. The summed E-state index contributed by atoms with van der Waals surface area (Å²) in [6, 6.07) is 27.9. The minimum absolute atomic E-state index is 0.0983. The largest absolute Gasteiger partial charge is 0.328 e. The number of fused-ring (bicyclic) bond motifs is 2. The van der Waals surface area contributed by atoms with E-state index in [0.29, 0.717) is 22.1 Å². The van der Waals surface area contributed by atoms with Crippen molar-refractivity contribution in [1.82, 2.24) is 24.4 Å². The predicted octanol–water partition coefficient (Wildman–Crippen LogP) is 5.86. The fourth-order valence-corrected chi connectivity index (χ4v) is 6.29. The van der Waals surface area contributed by atoms with Crippen LogP contribution < -0.4 is 16.6 Å². The van der Waals surface area contributed by atoms with Crippen LogP contribution in [0.15, 0.2) is 113 Å². The SMILES string of the molecule is C=CC(=O)Nc1ccc2c(c1)[nH]c(=O)n2C1CCN(Cc2ccc(-c3nc4cc[nH]c(=O)c4cc3-c3ccccc3)cc2)CC1. The summed E-state index contributed by atoms with van der Waals surface area (Å²) in [5.74, 6) is -0.293. The van der Waals surface area contributed by atoms with Crippen LogP contribution in [-0.4, -0.2) is 43.4 Å². The highest BCUT2D eigenvalue weighted by molar-refractivity contribution is 6.00. The van der Waals surface area contributed by atoms with E-state index in [9.17, 15) is 14.4 Å². The van der Waals surface area contributed by atoms with Crippen molar-refractivity contribution in [3.05, 3.63) is 130 Å². The molecule has 7 rings (SSSR count). The summed E-state index contributed by atoms with van der Waals surface area (Å²) >= 11 is 0. The Morgan fingerprint density at radius 1 is 0.956 bits per heavy atom. The summed E-state index contributed by atoms with van der Waals surface area (Å²) < 4.78 is 1.86. The molecule has 1 aliphatic rings. The maximum absolute atomic E-state index is 12.9. The second-order valence-electron chi connectivity index (χ2n) is 11.4. The van der Waals surface area contributed by atoms with Crippen LogP contribution in [0.4, 0.5) is 5.69 Å². The number of anilines is 1. The maximum Gasteiger partial charge on any atom is 0.326 e. The number of nitrogens with one attached hydrogen (secondary N) is 3. The quantitative estimate of drug-likeness (QED) is 0.200. The summed E-state index contributed by atoms with van der Waals surface area (Å²) in [4.78, 5) is 50.2. The summed E-state index contributed by atoms with van der Waals surface area (Å²) in [5, 5.41) is 3.31. The molecule has 9 nitrogen and oxygen atoms in total. The van der Waals surface area contributed by atoms with E-state index >= 15 is 0 Å². The van der Waals surface area contributed by atoms with Gasteiger partial charge < -0.3 is 15.3 Å². The molecule has 4 heterocycles. The summed E-state index contributed by atoms with van der Waals surface area (Å²) in [5.41, 5.74) is 7.49. The summed E-state index contributed by atoms with van der Waals surface area (Å²) in [7, 11) is 0. The third-order valence-electron chi connectivity index (χ3n) is 8.56. The monoisotopic (exact) mass is 596 g/mol. The topological polar surface area (TPSA) is 116 Å². The number of aromatic amines is 2. The van der Waals surface area contributed by atoms with Gasteiger partial charge in [-0.15, -0.1) is 0 Å². The third kappa shape index (κ3) is 5.61. The number of carbonyl (C=O) groups is 1.